The fourth-order valence-corrected chi connectivity index (χ4v) is 3.44. The molecule has 1 amide bonds. The highest BCUT2D eigenvalue weighted by molar-refractivity contribution is 7.89. The molecule has 0 aromatic heterocycles. The first-order chi connectivity index (χ1) is 11.9. The van der Waals surface area contributed by atoms with Crippen LogP contribution < -0.4 is 10.6 Å². The molecule has 2 aromatic rings. The minimum Gasteiger partial charge on any atom is -0.325 e. The molecule has 2 aromatic carbocycles. The molecule has 2 N–H and O–H groups in total. The van der Waals surface area contributed by atoms with Crippen LogP contribution in [0, 0.1) is 0 Å². The highest BCUT2D eigenvalue weighted by atomic mass is 32.2. The van der Waals surface area contributed by atoms with Crippen molar-refractivity contribution in [2.45, 2.75) is 18.4 Å². The molecule has 25 heavy (non-hydrogen) atoms. The van der Waals surface area contributed by atoms with Crippen molar-refractivity contribution in [1.82, 2.24) is 9.62 Å². The first-order valence-electron chi connectivity index (χ1n) is 8.04. The van der Waals surface area contributed by atoms with E-state index in [4.69, 9.17) is 0 Å². The number of amides is 1. The van der Waals surface area contributed by atoms with E-state index in [-0.39, 0.29) is 17.3 Å². The maximum Gasteiger partial charge on any atom is 0.243 e. The molecule has 0 saturated carbocycles. The van der Waals surface area contributed by atoms with Crippen LogP contribution in [0.4, 0.5) is 5.69 Å². The zero-order chi connectivity index (χ0) is 18.3. The molecular weight excluding hydrogens is 338 g/mol. The van der Waals surface area contributed by atoms with Gasteiger partial charge in [0, 0.05) is 19.3 Å². The predicted molar refractivity (Wildman–Crippen MR) is 98.7 cm³/mol. The number of hydrogen-bond acceptors (Lipinski definition) is 4. The highest BCUT2D eigenvalue weighted by Gasteiger charge is 2.22. The molecule has 0 aliphatic rings. The van der Waals surface area contributed by atoms with Crippen molar-refractivity contribution in [2.75, 3.05) is 25.5 Å². The molecule has 2 rings (SSSR count). The van der Waals surface area contributed by atoms with Gasteiger partial charge < -0.3 is 10.6 Å². The Bertz CT molecular complexity index is 807. The van der Waals surface area contributed by atoms with Gasteiger partial charge in [0.25, 0.3) is 0 Å². The molecule has 0 atom stereocenters. The number of benzene rings is 2. The number of nitrogens with zero attached hydrogens (tertiary/aromatic N) is 1. The van der Waals surface area contributed by atoms with Crippen molar-refractivity contribution in [3.05, 3.63) is 60.2 Å². The molecule has 0 bridgehead atoms. The Balaban J connectivity index is 2.00. The Morgan fingerprint density at radius 1 is 1.08 bits per heavy atom. The summed E-state index contributed by atoms with van der Waals surface area (Å²) in [5.41, 5.74) is 1.69. The molecule has 0 aliphatic heterocycles. The smallest absolute Gasteiger partial charge is 0.243 e. The second-order valence-electron chi connectivity index (χ2n) is 5.60. The third-order valence-corrected chi connectivity index (χ3v) is 5.43. The Morgan fingerprint density at radius 2 is 1.80 bits per heavy atom. The second-order valence-corrected chi connectivity index (χ2v) is 7.65. The first-order valence-corrected chi connectivity index (χ1v) is 9.48. The number of carbonyl (C=O) groups excluding carboxylic acids is 1. The molecule has 0 unspecified atom stereocenters. The van der Waals surface area contributed by atoms with E-state index in [0.717, 1.165) is 16.4 Å². The van der Waals surface area contributed by atoms with Gasteiger partial charge in [-0.1, -0.05) is 37.3 Å². The van der Waals surface area contributed by atoms with Crippen molar-refractivity contribution in [2.24, 2.45) is 0 Å². The second kappa shape index (κ2) is 8.75. The summed E-state index contributed by atoms with van der Waals surface area (Å²) in [4.78, 5) is 12.4. The SMILES string of the molecule is CCNCc1cccc(NC(=O)CN(C)S(=O)(=O)c2ccccc2)c1. The van der Waals surface area contributed by atoms with Gasteiger partial charge in [0.05, 0.1) is 11.4 Å². The lowest BCUT2D eigenvalue weighted by atomic mass is 10.2. The van der Waals surface area contributed by atoms with E-state index >= 15 is 0 Å². The zero-order valence-electron chi connectivity index (χ0n) is 14.4. The number of hydrogen-bond donors (Lipinski definition) is 2. The maximum atomic E-state index is 12.4. The molecular formula is C18H23N3O3S. The van der Waals surface area contributed by atoms with Gasteiger partial charge in [-0.15, -0.1) is 0 Å². The molecule has 0 radical (unpaired) electrons. The van der Waals surface area contributed by atoms with E-state index in [1.165, 1.54) is 19.2 Å². The van der Waals surface area contributed by atoms with Gasteiger partial charge in [0.2, 0.25) is 15.9 Å². The van der Waals surface area contributed by atoms with Crippen LogP contribution in [-0.4, -0.2) is 38.8 Å². The van der Waals surface area contributed by atoms with Crippen LogP contribution in [0.25, 0.3) is 0 Å². The Morgan fingerprint density at radius 3 is 2.48 bits per heavy atom. The van der Waals surface area contributed by atoms with E-state index in [1.807, 2.05) is 25.1 Å². The summed E-state index contributed by atoms with van der Waals surface area (Å²) in [7, 11) is -2.29. The van der Waals surface area contributed by atoms with Gasteiger partial charge in [-0.3, -0.25) is 4.79 Å². The maximum absolute atomic E-state index is 12.4. The van der Waals surface area contributed by atoms with Crippen LogP contribution in [-0.2, 0) is 21.4 Å². The first kappa shape index (κ1) is 19.1. The van der Waals surface area contributed by atoms with Crippen molar-refractivity contribution in [3.63, 3.8) is 0 Å². The number of anilines is 1. The topological polar surface area (TPSA) is 78.5 Å². The number of rotatable bonds is 8. The van der Waals surface area contributed by atoms with Crippen LogP contribution in [0.2, 0.25) is 0 Å². The molecule has 0 aliphatic carbocycles. The molecule has 7 heteroatoms. The van der Waals surface area contributed by atoms with E-state index < -0.39 is 10.0 Å². The lowest BCUT2D eigenvalue weighted by Gasteiger charge is -2.17. The van der Waals surface area contributed by atoms with Crippen LogP contribution in [0.15, 0.2) is 59.5 Å². The Labute approximate surface area is 148 Å². The minimum atomic E-state index is -3.68. The van der Waals surface area contributed by atoms with Crippen LogP contribution in [0.5, 0.6) is 0 Å². The van der Waals surface area contributed by atoms with Gasteiger partial charge in [-0.2, -0.15) is 4.31 Å². The molecule has 0 saturated heterocycles. The lowest BCUT2D eigenvalue weighted by Crippen LogP contribution is -2.34. The minimum absolute atomic E-state index is 0.165. The van der Waals surface area contributed by atoms with Gasteiger partial charge in [-0.05, 0) is 36.4 Å². The lowest BCUT2D eigenvalue weighted by molar-refractivity contribution is -0.116. The summed E-state index contributed by atoms with van der Waals surface area (Å²) in [6, 6.07) is 15.5. The predicted octanol–water partition coefficient (Wildman–Crippen LogP) is 2.06. The summed E-state index contributed by atoms with van der Waals surface area (Å²) in [6.07, 6.45) is 0. The normalized spacial score (nSPS) is 11.5. The summed E-state index contributed by atoms with van der Waals surface area (Å²) in [6.45, 7) is 3.34. The van der Waals surface area contributed by atoms with E-state index in [0.29, 0.717) is 12.2 Å². The number of nitrogens with one attached hydrogen (secondary N) is 2. The average Bonchev–Trinajstić information content (AvgIpc) is 2.60. The zero-order valence-corrected chi connectivity index (χ0v) is 15.2. The quantitative estimate of drug-likeness (QED) is 0.754. The van der Waals surface area contributed by atoms with Crippen LogP contribution in [0.3, 0.4) is 0 Å². The monoisotopic (exact) mass is 361 g/mol. The highest BCUT2D eigenvalue weighted by Crippen LogP contribution is 2.14. The Kier molecular flexibility index (Phi) is 6.69. The van der Waals surface area contributed by atoms with E-state index in [9.17, 15) is 13.2 Å². The largest absolute Gasteiger partial charge is 0.325 e. The summed E-state index contributed by atoms with van der Waals surface area (Å²) < 4.78 is 25.9. The van der Waals surface area contributed by atoms with Crippen molar-refractivity contribution in [3.8, 4) is 0 Å². The van der Waals surface area contributed by atoms with Gasteiger partial charge >= 0.3 is 0 Å². The van der Waals surface area contributed by atoms with Gasteiger partial charge in [-0.25, -0.2) is 8.42 Å². The van der Waals surface area contributed by atoms with E-state index in [2.05, 4.69) is 10.6 Å². The molecule has 0 heterocycles. The molecule has 0 fully saturated rings. The van der Waals surface area contributed by atoms with Crippen molar-refractivity contribution >= 4 is 21.6 Å². The van der Waals surface area contributed by atoms with Crippen molar-refractivity contribution in [1.29, 1.82) is 0 Å². The fraction of sp³-hybridized carbons (Fsp3) is 0.278. The van der Waals surface area contributed by atoms with Crippen LogP contribution >= 0.6 is 0 Å². The van der Waals surface area contributed by atoms with Gasteiger partial charge in [0.1, 0.15) is 0 Å². The number of sulfonamides is 1. The van der Waals surface area contributed by atoms with Crippen LogP contribution in [0.1, 0.15) is 12.5 Å². The Hall–Kier alpha value is -2.22. The van der Waals surface area contributed by atoms with Crippen molar-refractivity contribution < 1.29 is 13.2 Å². The summed E-state index contributed by atoms with van der Waals surface area (Å²) in [5.74, 6) is -0.386. The van der Waals surface area contributed by atoms with E-state index in [1.54, 1.807) is 24.3 Å². The third kappa shape index (κ3) is 5.38. The third-order valence-electron chi connectivity index (χ3n) is 3.61. The van der Waals surface area contributed by atoms with Gasteiger partial charge in [0.15, 0.2) is 0 Å². The average molecular weight is 361 g/mol. The fourth-order valence-electron chi connectivity index (χ4n) is 2.29. The number of likely N-dealkylation sites (N-methyl/N-ethyl adjacent to an activating group) is 1. The molecule has 134 valence electrons. The summed E-state index contributed by atoms with van der Waals surface area (Å²) >= 11 is 0. The summed E-state index contributed by atoms with van der Waals surface area (Å²) in [5, 5.41) is 5.96. The standard InChI is InChI=1S/C18H23N3O3S/c1-3-19-13-15-8-7-9-16(12-15)20-18(22)14-21(2)25(23,24)17-10-5-4-6-11-17/h4-12,19H,3,13-14H2,1-2H3,(H,20,22). The number of carbonyl (C=O) groups is 1. The molecule has 6 nitrogen and oxygen atoms in total. The molecule has 0 spiro atoms.